The number of ether oxygens (including phenoxy) is 1. The molecule has 0 saturated carbocycles. The topological polar surface area (TPSA) is 29.5 Å². The lowest BCUT2D eigenvalue weighted by Crippen LogP contribution is -2.35. The number of carbonyl (C=O) groups excluding carboxylic acids is 1. The molecule has 0 fully saturated rings. The SMILES string of the molecule is COC(=O)CN(Cc1cc(F)ccc1Cl)C(C)C. The first-order valence-corrected chi connectivity index (χ1v) is 6.06. The van der Waals surface area contributed by atoms with E-state index < -0.39 is 0 Å². The Balaban J connectivity index is 2.83. The lowest BCUT2D eigenvalue weighted by Gasteiger charge is -2.25. The van der Waals surface area contributed by atoms with Crippen molar-refractivity contribution in [3.05, 3.63) is 34.6 Å². The smallest absolute Gasteiger partial charge is 0.319 e. The summed E-state index contributed by atoms with van der Waals surface area (Å²) in [6, 6.07) is 4.34. The molecule has 0 aliphatic rings. The molecule has 0 heterocycles. The zero-order valence-electron chi connectivity index (χ0n) is 10.7. The molecule has 3 nitrogen and oxygen atoms in total. The Morgan fingerprint density at radius 1 is 1.50 bits per heavy atom. The highest BCUT2D eigenvalue weighted by atomic mass is 35.5. The normalized spacial score (nSPS) is 11.1. The molecule has 1 aromatic carbocycles. The highest BCUT2D eigenvalue weighted by molar-refractivity contribution is 6.31. The van der Waals surface area contributed by atoms with E-state index >= 15 is 0 Å². The third-order valence-electron chi connectivity index (χ3n) is 2.67. The molecule has 0 N–H and O–H groups in total. The Bertz CT molecular complexity index is 423. The van der Waals surface area contributed by atoms with Crippen LogP contribution in [0.2, 0.25) is 5.02 Å². The summed E-state index contributed by atoms with van der Waals surface area (Å²) in [6.07, 6.45) is 0. The van der Waals surface area contributed by atoms with Gasteiger partial charge in [-0.05, 0) is 37.6 Å². The summed E-state index contributed by atoms with van der Waals surface area (Å²) < 4.78 is 17.8. The average molecular weight is 274 g/mol. The standard InChI is InChI=1S/C13H17ClFNO2/c1-9(2)16(8-13(17)18-3)7-10-6-11(15)4-5-12(10)14/h4-6,9H,7-8H2,1-3H3. The van der Waals surface area contributed by atoms with E-state index in [1.807, 2.05) is 18.7 Å². The second-order valence-corrected chi connectivity index (χ2v) is 4.72. The van der Waals surface area contributed by atoms with E-state index in [2.05, 4.69) is 4.74 Å². The largest absolute Gasteiger partial charge is 0.468 e. The first kappa shape index (κ1) is 14.9. The monoisotopic (exact) mass is 273 g/mol. The van der Waals surface area contributed by atoms with E-state index in [9.17, 15) is 9.18 Å². The van der Waals surface area contributed by atoms with Gasteiger partial charge in [0, 0.05) is 17.6 Å². The Morgan fingerprint density at radius 2 is 2.17 bits per heavy atom. The number of hydrogen-bond acceptors (Lipinski definition) is 3. The molecule has 5 heteroatoms. The van der Waals surface area contributed by atoms with Gasteiger partial charge >= 0.3 is 5.97 Å². The average Bonchev–Trinajstić information content (AvgIpc) is 2.32. The maximum absolute atomic E-state index is 13.2. The molecular formula is C13H17ClFNO2. The van der Waals surface area contributed by atoms with Crippen molar-refractivity contribution in [2.45, 2.75) is 26.4 Å². The van der Waals surface area contributed by atoms with Crippen LogP contribution in [0.4, 0.5) is 4.39 Å². The van der Waals surface area contributed by atoms with Crippen LogP contribution in [-0.2, 0) is 16.1 Å². The summed E-state index contributed by atoms with van der Waals surface area (Å²) in [5.74, 6) is -0.660. The molecule has 0 aliphatic heterocycles. The fourth-order valence-electron chi connectivity index (χ4n) is 1.53. The summed E-state index contributed by atoms with van der Waals surface area (Å²) in [5.41, 5.74) is 0.661. The van der Waals surface area contributed by atoms with Gasteiger partial charge in [-0.15, -0.1) is 0 Å². The minimum Gasteiger partial charge on any atom is -0.468 e. The first-order valence-electron chi connectivity index (χ1n) is 5.68. The molecule has 1 rings (SSSR count). The van der Waals surface area contributed by atoms with Crippen LogP contribution in [0.15, 0.2) is 18.2 Å². The van der Waals surface area contributed by atoms with Gasteiger partial charge < -0.3 is 4.74 Å². The van der Waals surface area contributed by atoms with E-state index in [1.165, 1.54) is 25.3 Å². The van der Waals surface area contributed by atoms with Crippen molar-refractivity contribution >= 4 is 17.6 Å². The summed E-state index contributed by atoms with van der Waals surface area (Å²) in [6.45, 7) is 4.47. The van der Waals surface area contributed by atoms with Gasteiger partial charge in [-0.1, -0.05) is 11.6 Å². The first-order chi connectivity index (χ1) is 8.43. The van der Waals surface area contributed by atoms with Gasteiger partial charge in [-0.3, -0.25) is 9.69 Å². The second-order valence-electron chi connectivity index (χ2n) is 4.31. The highest BCUT2D eigenvalue weighted by Crippen LogP contribution is 2.19. The number of hydrogen-bond donors (Lipinski definition) is 0. The second kappa shape index (κ2) is 6.71. The van der Waals surface area contributed by atoms with E-state index in [-0.39, 0.29) is 24.4 Å². The van der Waals surface area contributed by atoms with Crippen molar-refractivity contribution in [3.63, 3.8) is 0 Å². The van der Waals surface area contributed by atoms with Crippen molar-refractivity contribution in [2.24, 2.45) is 0 Å². The number of methoxy groups -OCH3 is 1. The van der Waals surface area contributed by atoms with Crippen LogP contribution >= 0.6 is 11.6 Å². The van der Waals surface area contributed by atoms with Crippen molar-refractivity contribution in [1.29, 1.82) is 0 Å². The predicted molar refractivity (Wildman–Crippen MR) is 69.0 cm³/mol. The van der Waals surface area contributed by atoms with Gasteiger partial charge in [0.2, 0.25) is 0 Å². The molecular weight excluding hydrogens is 257 g/mol. The lowest BCUT2D eigenvalue weighted by atomic mass is 10.2. The Morgan fingerprint density at radius 3 is 2.72 bits per heavy atom. The summed E-state index contributed by atoms with van der Waals surface area (Å²) >= 11 is 6.01. The summed E-state index contributed by atoms with van der Waals surface area (Å²) in [7, 11) is 1.34. The zero-order chi connectivity index (χ0) is 13.7. The zero-order valence-corrected chi connectivity index (χ0v) is 11.5. The number of carbonyl (C=O) groups is 1. The van der Waals surface area contributed by atoms with Crippen LogP contribution in [0.1, 0.15) is 19.4 Å². The van der Waals surface area contributed by atoms with E-state index in [1.54, 1.807) is 0 Å². The fraction of sp³-hybridized carbons (Fsp3) is 0.462. The van der Waals surface area contributed by atoms with Crippen molar-refractivity contribution < 1.29 is 13.9 Å². The minimum atomic E-state index is -0.337. The van der Waals surface area contributed by atoms with Gasteiger partial charge in [-0.2, -0.15) is 0 Å². The molecule has 0 bridgehead atoms. The van der Waals surface area contributed by atoms with E-state index in [4.69, 9.17) is 11.6 Å². The molecule has 18 heavy (non-hydrogen) atoms. The van der Waals surface area contributed by atoms with E-state index in [0.29, 0.717) is 17.1 Å². The lowest BCUT2D eigenvalue weighted by molar-refractivity contribution is -0.142. The molecule has 0 aromatic heterocycles. The van der Waals surface area contributed by atoms with Crippen LogP contribution in [-0.4, -0.2) is 30.6 Å². The Kier molecular flexibility index (Phi) is 5.56. The predicted octanol–water partition coefficient (Wildman–Crippen LogP) is 2.86. The molecule has 1 aromatic rings. The third kappa shape index (κ3) is 4.27. The van der Waals surface area contributed by atoms with Gasteiger partial charge in [0.15, 0.2) is 0 Å². The molecule has 0 spiro atoms. The van der Waals surface area contributed by atoms with Crippen molar-refractivity contribution in [2.75, 3.05) is 13.7 Å². The van der Waals surface area contributed by atoms with Gasteiger partial charge in [-0.25, -0.2) is 4.39 Å². The molecule has 100 valence electrons. The number of nitrogens with zero attached hydrogens (tertiary/aromatic N) is 1. The minimum absolute atomic E-state index is 0.128. The number of halogens is 2. The Hall–Kier alpha value is -1.13. The molecule has 0 aliphatic carbocycles. The molecule has 0 saturated heterocycles. The Labute approximate surface area is 111 Å². The van der Waals surface area contributed by atoms with Crippen molar-refractivity contribution in [3.8, 4) is 0 Å². The molecule has 0 amide bonds. The maximum atomic E-state index is 13.2. The number of rotatable bonds is 5. The van der Waals surface area contributed by atoms with Gasteiger partial charge in [0.1, 0.15) is 5.82 Å². The number of esters is 1. The van der Waals surface area contributed by atoms with Crippen LogP contribution in [0.5, 0.6) is 0 Å². The number of benzene rings is 1. The third-order valence-corrected chi connectivity index (χ3v) is 3.04. The quantitative estimate of drug-likeness (QED) is 0.773. The van der Waals surface area contributed by atoms with E-state index in [0.717, 1.165) is 0 Å². The van der Waals surface area contributed by atoms with Crippen molar-refractivity contribution in [1.82, 2.24) is 4.90 Å². The van der Waals surface area contributed by atoms with Crippen LogP contribution < -0.4 is 0 Å². The van der Waals surface area contributed by atoms with Crippen LogP contribution in [0.3, 0.4) is 0 Å². The van der Waals surface area contributed by atoms with Crippen LogP contribution in [0, 0.1) is 5.82 Å². The summed E-state index contributed by atoms with van der Waals surface area (Å²) in [5, 5.41) is 0.493. The van der Waals surface area contributed by atoms with Gasteiger partial charge in [0.25, 0.3) is 0 Å². The van der Waals surface area contributed by atoms with Gasteiger partial charge in [0.05, 0.1) is 13.7 Å². The highest BCUT2D eigenvalue weighted by Gasteiger charge is 2.16. The molecule has 0 atom stereocenters. The molecule has 0 radical (unpaired) electrons. The molecule has 0 unspecified atom stereocenters. The summed E-state index contributed by atoms with van der Waals surface area (Å²) in [4.78, 5) is 13.2. The fourth-order valence-corrected chi connectivity index (χ4v) is 1.71. The maximum Gasteiger partial charge on any atom is 0.319 e. The van der Waals surface area contributed by atoms with Crippen LogP contribution in [0.25, 0.3) is 0 Å².